The van der Waals surface area contributed by atoms with Gasteiger partial charge in [-0.3, -0.25) is 4.79 Å². The predicted octanol–water partition coefficient (Wildman–Crippen LogP) is 3.55. The lowest BCUT2D eigenvalue weighted by Gasteiger charge is -2.08. The number of carbonyl (C=O) groups excluding carboxylic acids is 1. The number of hydrogen-bond acceptors (Lipinski definition) is 2. The summed E-state index contributed by atoms with van der Waals surface area (Å²) in [6, 6.07) is 18.6. The van der Waals surface area contributed by atoms with Crippen LogP contribution in [0.5, 0.6) is 5.75 Å². The van der Waals surface area contributed by atoms with Gasteiger partial charge in [-0.2, -0.15) is 0 Å². The number of carbonyl (C=O) groups is 1. The first kappa shape index (κ1) is 15.9. The highest BCUT2D eigenvalue weighted by Crippen LogP contribution is 2.12. The third kappa shape index (κ3) is 4.04. The molecule has 0 aliphatic carbocycles. The van der Waals surface area contributed by atoms with Gasteiger partial charge in [0.2, 0.25) is 0 Å². The summed E-state index contributed by atoms with van der Waals surface area (Å²) in [5.74, 6) is 0.212. The summed E-state index contributed by atoms with van der Waals surface area (Å²) in [5.41, 5.74) is 2.78. The topological polar surface area (TPSA) is 54.3 Å². The molecule has 0 bridgehead atoms. The highest BCUT2D eigenvalue weighted by molar-refractivity contribution is 5.94. The van der Waals surface area contributed by atoms with Crippen LogP contribution in [-0.4, -0.2) is 22.1 Å². The third-order valence-corrected chi connectivity index (χ3v) is 3.88. The first-order valence-corrected chi connectivity index (χ1v) is 8.02. The van der Waals surface area contributed by atoms with Crippen molar-refractivity contribution < 1.29 is 9.90 Å². The molecule has 1 aromatic heterocycles. The maximum Gasteiger partial charge on any atom is 0.251 e. The fraction of sp³-hybridized carbons (Fsp3) is 0.150. The molecule has 122 valence electrons. The van der Waals surface area contributed by atoms with E-state index in [9.17, 15) is 9.90 Å². The lowest BCUT2D eigenvalue weighted by atomic mass is 10.1. The average molecular weight is 320 g/mol. The molecule has 0 atom stereocenters. The fourth-order valence-electron chi connectivity index (χ4n) is 2.57. The SMILES string of the molecule is O=C(NCCCc1ccc(O)cc1)c1cccc(-n2cccc2)c1. The molecule has 1 heterocycles. The first-order valence-electron chi connectivity index (χ1n) is 8.02. The van der Waals surface area contributed by atoms with Crippen LogP contribution in [0.2, 0.25) is 0 Å². The molecule has 2 aromatic carbocycles. The van der Waals surface area contributed by atoms with Crippen molar-refractivity contribution in [3.05, 3.63) is 84.2 Å². The number of amides is 1. The van der Waals surface area contributed by atoms with Gasteiger partial charge >= 0.3 is 0 Å². The molecule has 2 N–H and O–H groups in total. The van der Waals surface area contributed by atoms with Crippen molar-refractivity contribution in [2.24, 2.45) is 0 Å². The maximum atomic E-state index is 12.3. The minimum atomic E-state index is -0.0605. The molecule has 0 spiro atoms. The van der Waals surface area contributed by atoms with E-state index in [4.69, 9.17) is 0 Å². The summed E-state index contributed by atoms with van der Waals surface area (Å²) in [6.07, 6.45) is 5.63. The summed E-state index contributed by atoms with van der Waals surface area (Å²) in [4.78, 5) is 12.3. The van der Waals surface area contributed by atoms with Gasteiger partial charge < -0.3 is 15.0 Å². The van der Waals surface area contributed by atoms with E-state index in [0.717, 1.165) is 24.1 Å². The monoisotopic (exact) mass is 320 g/mol. The van der Waals surface area contributed by atoms with Crippen LogP contribution in [-0.2, 0) is 6.42 Å². The van der Waals surface area contributed by atoms with Gasteiger partial charge in [0.05, 0.1) is 0 Å². The molecule has 0 saturated heterocycles. The Balaban J connectivity index is 1.52. The number of aromatic hydroxyl groups is 1. The maximum absolute atomic E-state index is 12.3. The molecule has 4 heteroatoms. The van der Waals surface area contributed by atoms with Gasteiger partial charge in [0.25, 0.3) is 5.91 Å². The van der Waals surface area contributed by atoms with Crippen molar-refractivity contribution >= 4 is 5.91 Å². The molecule has 0 radical (unpaired) electrons. The number of nitrogens with zero attached hydrogens (tertiary/aromatic N) is 1. The van der Waals surface area contributed by atoms with Crippen LogP contribution in [0.25, 0.3) is 5.69 Å². The van der Waals surface area contributed by atoms with E-state index >= 15 is 0 Å². The van der Waals surface area contributed by atoms with Crippen LogP contribution in [0.1, 0.15) is 22.3 Å². The summed E-state index contributed by atoms with van der Waals surface area (Å²) in [7, 11) is 0. The Morgan fingerprint density at radius 1 is 1.00 bits per heavy atom. The second-order valence-corrected chi connectivity index (χ2v) is 5.67. The largest absolute Gasteiger partial charge is 0.508 e. The van der Waals surface area contributed by atoms with E-state index in [1.165, 1.54) is 0 Å². The van der Waals surface area contributed by atoms with Gasteiger partial charge in [0, 0.05) is 30.2 Å². The van der Waals surface area contributed by atoms with E-state index < -0.39 is 0 Å². The lowest BCUT2D eigenvalue weighted by Crippen LogP contribution is -2.24. The zero-order valence-electron chi connectivity index (χ0n) is 13.4. The lowest BCUT2D eigenvalue weighted by molar-refractivity contribution is 0.0953. The van der Waals surface area contributed by atoms with Crippen LogP contribution in [0.15, 0.2) is 73.1 Å². The van der Waals surface area contributed by atoms with Crippen LogP contribution in [0.4, 0.5) is 0 Å². The van der Waals surface area contributed by atoms with Crippen molar-refractivity contribution in [3.8, 4) is 11.4 Å². The standard InChI is InChI=1S/C20H20N2O2/c23-19-10-8-16(9-11-19)5-4-12-21-20(24)17-6-3-7-18(15-17)22-13-1-2-14-22/h1-3,6-11,13-15,23H,4-5,12H2,(H,21,24). The molecular formula is C20H20N2O2. The van der Waals surface area contributed by atoms with Crippen LogP contribution >= 0.6 is 0 Å². The zero-order chi connectivity index (χ0) is 16.8. The predicted molar refractivity (Wildman–Crippen MR) is 94.5 cm³/mol. The molecule has 0 unspecified atom stereocenters. The molecule has 0 fully saturated rings. The fourth-order valence-corrected chi connectivity index (χ4v) is 2.57. The van der Waals surface area contributed by atoms with Crippen molar-refractivity contribution in [1.29, 1.82) is 0 Å². The molecular weight excluding hydrogens is 300 g/mol. The summed E-state index contributed by atoms with van der Waals surface area (Å²) in [6.45, 7) is 0.619. The van der Waals surface area contributed by atoms with Gasteiger partial charge in [0.15, 0.2) is 0 Å². The number of aromatic nitrogens is 1. The second kappa shape index (κ2) is 7.51. The molecule has 4 nitrogen and oxygen atoms in total. The van der Waals surface area contributed by atoms with E-state index in [1.54, 1.807) is 12.1 Å². The van der Waals surface area contributed by atoms with Gasteiger partial charge in [-0.15, -0.1) is 0 Å². The number of rotatable bonds is 6. The van der Waals surface area contributed by atoms with E-state index in [0.29, 0.717) is 12.1 Å². The van der Waals surface area contributed by atoms with Crippen molar-refractivity contribution in [3.63, 3.8) is 0 Å². The molecule has 1 amide bonds. The minimum absolute atomic E-state index is 0.0605. The summed E-state index contributed by atoms with van der Waals surface area (Å²) >= 11 is 0. The number of phenolic OH excluding ortho intramolecular Hbond substituents is 1. The highest BCUT2D eigenvalue weighted by atomic mass is 16.3. The second-order valence-electron chi connectivity index (χ2n) is 5.67. The number of nitrogens with one attached hydrogen (secondary N) is 1. The smallest absolute Gasteiger partial charge is 0.251 e. The van der Waals surface area contributed by atoms with E-state index in [1.807, 2.05) is 65.5 Å². The normalized spacial score (nSPS) is 10.5. The Morgan fingerprint density at radius 3 is 2.50 bits per heavy atom. The molecule has 0 saturated carbocycles. The number of phenols is 1. The Labute approximate surface area is 141 Å². The summed E-state index contributed by atoms with van der Waals surface area (Å²) in [5, 5.41) is 12.2. The van der Waals surface area contributed by atoms with Crippen LogP contribution in [0, 0.1) is 0 Å². The zero-order valence-corrected chi connectivity index (χ0v) is 13.4. The van der Waals surface area contributed by atoms with E-state index in [-0.39, 0.29) is 11.7 Å². The Hall–Kier alpha value is -3.01. The van der Waals surface area contributed by atoms with Crippen molar-refractivity contribution in [2.45, 2.75) is 12.8 Å². The first-order chi connectivity index (χ1) is 11.7. The minimum Gasteiger partial charge on any atom is -0.508 e. The van der Waals surface area contributed by atoms with Crippen LogP contribution in [0.3, 0.4) is 0 Å². The van der Waals surface area contributed by atoms with Gasteiger partial charge in [-0.25, -0.2) is 0 Å². The summed E-state index contributed by atoms with van der Waals surface area (Å²) < 4.78 is 1.97. The molecule has 0 aliphatic heterocycles. The van der Waals surface area contributed by atoms with Gasteiger partial charge in [-0.05, 0) is 60.9 Å². The molecule has 24 heavy (non-hydrogen) atoms. The number of aryl methyl sites for hydroxylation is 1. The number of benzene rings is 2. The molecule has 3 aromatic rings. The van der Waals surface area contributed by atoms with Crippen LogP contribution < -0.4 is 5.32 Å². The average Bonchev–Trinajstić information content (AvgIpc) is 3.15. The highest BCUT2D eigenvalue weighted by Gasteiger charge is 2.06. The van der Waals surface area contributed by atoms with Crippen molar-refractivity contribution in [2.75, 3.05) is 6.54 Å². The van der Waals surface area contributed by atoms with Gasteiger partial charge in [0.1, 0.15) is 5.75 Å². The van der Waals surface area contributed by atoms with Crippen molar-refractivity contribution in [1.82, 2.24) is 9.88 Å². The Kier molecular flexibility index (Phi) is 4.96. The molecule has 0 aliphatic rings. The quantitative estimate of drug-likeness (QED) is 0.683. The number of hydrogen-bond donors (Lipinski definition) is 2. The van der Waals surface area contributed by atoms with Gasteiger partial charge in [-0.1, -0.05) is 18.2 Å². The third-order valence-electron chi connectivity index (χ3n) is 3.88. The Bertz CT molecular complexity index is 793. The molecule has 3 rings (SSSR count). The Morgan fingerprint density at radius 2 is 1.75 bits per heavy atom. The van der Waals surface area contributed by atoms with E-state index in [2.05, 4.69) is 5.32 Å².